The molecule has 1 aromatic heterocycles. The van der Waals surface area contributed by atoms with Crippen molar-refractivity contribution in [2.75, 3.05) is 5.73 Å². The van der Waals surface area contributed by atoms with Crippen molar-refractivity contribution in [1.29, 1.82) is 0 Å². The number of nitrogens with one attached hydrogen (secondary N) is 1. The van der Waals surface area contributed by atoms with E-state index in [0.29, 0.717) is 27.3 Å². The monoisotopic (exact) mass is 281 g/mol. The molecule has 18 heavy (non-hydrogen) atoms. The molecule has 0 unspecified atom stereocenters. The molecule has 94 valence electrons. The molecule has 0 saturated carbocycles. The van der Waals surface area contributed by atoms with Crippen molar-refractivity contribution in [3.05, 3.63) is 45.4 Å². The smallest absolute Gasteiger partial charge is 0.263 e. The number of hydrogen-bond donors (Lipinski definition) is 2. The van der Waals surface area contributed by atoms with Crippen LogP contribution < -0.4 is 11.1 Å². The summed E-state index contributed by atoms with van der Waals surface area (Å²) in [6.07, 6.45) is 0. The Morgan fingerprint density at radius 1 is 1.50 bits per heavy atom. The summed E-state index contributed by atoms with van der Waals surface area (Å²) in [6.45, 7) is 2.15. The van der Waals surface area contributed by atoms with E-state index in [1.54, 1.807) is 13.0 Å². The number of anilines is 1. The molecule has 6 heteroatoms. The SMILES string of the molecule is Cc1nc(N)sc1C(=O)NCc1ccccc1Cl. The number of amides is 1. The van der Waals surface area contributed by atoms with Gasteiger partial charge in [-0.2, -0.15) is 0 Å². The zero-order valence-electron chi connectivity index (χ0n) is 9.74. The lowest BCUT2D eigenvalue weighted by molar-refractivity contribution is 0.0954. The van der Waals surface area contributed by atoms with E-state index >= 15 is 0 Å². The average Bonchev–Trinajstić information content (AvgIpc) is 2.67. The normalized spacial score (nSPS) is 10.3. The Balaban J connectivity index is 2.05. The number of carbonyl (C=O) groups excluding carboxylic acids is 1. The molecule has 2 rings (SSSR count). The first-order valence-corrected chi connectivity index (χ1v) is 6.52. The second-order valence-corrected chi connectivity index (χ2v) is 5.18. The standard InChI is InChI=1S/C12H12ClN3OS/c1-7-10(18-12(14)16-7)11(17)15-6-8-4-2-3-5-9(8)13/h2-5H,6H2,1H3,(H2,14,16)(H,15,17). The highest BCUT2D eigenvalue weighted by Gasteiger charge is 2.13. The first-order valence-electron chi connectivity index (χ1n) is 5.32. The van der Waals surface area contributed by atoms with E-state index in [-0.39, 0.29) is 5.91 Å². The number of nitrogen functional groups attached to an aromatic ring is 1. The molecule has 4 nitrogen and oxygen atoms in total. The van der Waals surface area contributed by atoms with E-state index < -0.39 is 0 Å². The summed E-state index contributed by atoms with van der Waals surface area (Å²) in [4.78, 5) is 16.5. The first-order chi connectivity index (χ1) is 8.58. The number of carbonyl (C=O) groups is 1. The van der Waals surface area contributed by atoms with Gasteiger partial charge in [0.15, 0.2) is 5.13 Å². The highest BCUT2D eigenvalue weighted by Crippen LogP contribution is 2.20. The summed E-state index contributed by atoms with van der Waals surface area (Å²) in [7, 11) is 0. The Bertz CT molecular complexity index is 582. The van der Waals surface area contributed by atoms with Crippen LogP contribution in [0.1, 0.15) is 20.9 Å². The van der Waals surface area contributed by atoms with E-state index in [1.807, 2.05) is 18.2 Å². The van der Waals surface area contributed by atoms with Gasteiger partial charge in [0, 0.05) is 11.6 Å². The van der Waals surface area contributed by atoms with Crippen LogP contribution in [-0.4, -0.2) is 10.9 Å². The summed E-state index contributed by atoms with van der Waals surface area (Å²) in [5, 5.41) is 3.84. The molecule has 1 amide bonds. The van der Waals surface area contributed by atoms with Gasteiger partial charge in [-0.05, 0) is 18.6 Å². The van der Waals surface area contributed by atoms with Crippen molar-refractivity contribution < 1.29 is 4.79 Å². The maximum Gasteiger partial charge on any atom is 0.263 e. The summed E-state index contributed by atoms with van der Waals surface area (Å²) in [6, 6.07) is 7.39. The molecule has 1 aromatic carbocycles. The van der Waals surface area contributed by atoms with Crippen LogP contribution in [0.3, 0.4) is 0 Å². The van der Waals surface area contributed by atoms with Crippen LogP contribution in [0.5, 0.6) is 0 Å². The summed E-state index contributed by atoms with van der Waals surface area (Å²) >= 11 is 7.19. The van der Waals surface area contributed by atoms with Crippen LogP contribution in [0.4, 0.5) is 5.13 Å². The van der Waals surface area contributed by atoms with Crippen molar-refractivity contribution in [3.8, 4) is 0 Å². The fourth-order valence-corrected chi connectivity index (χ4v) is 2.48. The zero-order valence-corrected chi connectivity index (χ0v) is 11.3. The van der Waals surface area contributed by atoms with Gasteiger partial charge in [0.1, 0.15) is 4.88 Å². The van der Waals surface area contributed by atoms with Crippen LogP contribution in [0.2, 0.25) is 5.02 Å². The topological polar surface area (TPSA) is 68.0 Å². The lowest BCUT2D eigenvalue weighted by atomic mass is 10.2. The third-order valence-electron chi connectivity index (χ3n) is 2.42. The second kappa shape index (κ2) is 5.37. The van der Waals surface area contributed by atoms with Crippen LogP contribution in [-0.2, 0) is 6.54 Å². The number of aryl methyl sites for hydroxylation is 1. The number of hydrogen-bond acceptors (Lipinski definition) is 4. The van der Waals surface area contributed by atoms with Gasteiger partial charge in [-0.25, -0.2) is 4.98 Å². The number of nitrogens with two attached hydrogens (primary N) is 1. The Morgan fingerprint density at radius 3 is 2.83 bits per heavy atom. The second-order valence-electron chi connectivity index (χ2n) is 3.74. The molecule has 1 heterocycles. The van der Waals surface area contributed by atoms with Gasteiger partial charge in [-0.3, -0.25) is 4.79 Å². The van der Waals surface area contributed by atoms with E-state index in [9.17, 15) is 4.79 Å². The van der Waals surface area contributed by atoms with Gasteiger partial charge in [0.25, 0.3) is 5.91 Å². The van der Waals surface area contributed by atoms with Crippen LogP contribution in [0.15, 0.2) is 24.3 Å². The third-order valence-corrected chi connectivity index (χ3v) is 3.77. The molecular weight excluding hydrogens is 270 g/mol. The zero-order chi connectivity index (χ0) is 13.1. The Morgan fingerprint density at radius 2 is 2.22 bits per heavy atom. The maximum absolute atomic E-state index is 11.9. The van der Waals surface area contributed by atoms with Crippen LogP contribution in [0, 0.1) is 6.92 Å². The van der Waals surface area contributed by atoms with Gasteiger partial charge in [0.2, 0.25) is 0 Å². The molecule has 0 aliphatic heterocycles. The first kappa shape index (κ1) is 12.9. The van der Waals surface area contributed by atoms with E-state index in [4.69, 9.17) is 17.3 Å². The molecule has 0 aliphatic rings. The Kier molecular flexibility index (Phi) is 3.84. The summed E-state index contributed by atoms with van der Waals surface area (Å²) in [5.74, 6) is -0.179. The van der Waals surface area contributed by atoms with Crippen LogP contribution in [0.25, 0.3) is 0 Å². The maximum atomic E-state index is 11.9. The molecule has 0 atom stereocenters. The number of thiazole rings is 1. The minimum atomic E-state index is -0.179. The Hall–Kier alpha value is -1.59. The number of halogens is 1. The molecule has 0 saturated heterocycles. The van der Waals surface area contributed by atoms with Gasteiger partial charge in [0.05, 0.1) is 5.69 Å². The van der Waals surface area contributed by atoms with Crippen LogP contribution >= 0.6 is 22.9 Å². The van der Waals surface area contributed by atoms with E-state index in [2.05, 4.69) is 10.3 Å². The minimum absolute atomic E-state index is 0.179. The van der Waals surface area contributed by atoms with Gasteiger partial charge in [-0.1, -0.05) is 41.1 Å². The van der Waals surface area contributed by atoms with Crippen molar-refractivity contribution in [2.45, 2.75) is 13.5 Å². The van der Waals surface area contributed by atoms with Crippen molar-refractivity contribution in [3.63, 3.8) is 0 Å². The van der Waals surface area contributed by atoms with Gasteiger partial charge in [-0.15, -0.1) is 0 Å². The largest absolute Gasteiger partial charge is 0.375 e. The summed E-state index contributed by atoms with van der Waals surface area (Å²) in [5.41, 5.74) is 7.08. The predicted molar refractivity (Wildman–Crippen MR) is 73.9 cm³/mol. The predicted octanol–water partition coefficient (Wildman–Crippen LogP) is 2.62. The van der Waals surface area contributed by atoms with E-state index in [0.717, 1.165) is 5.56 Å². The fraction of sp³-hybridized carbons (Fsp3) is 0.167. The number of benzene rings is 1. The highest BCUT2D eigenvalue weighted by molar-refractivity contribution is 7.17. The third kappa shape index (κ3) is 2.80. The molecule has 0 fully saturated rings. The van der Waals surface area contributed by atoms with E-state index in [1.165, 1.54) is 11.3 Å². The molecule has 0 spiro atoms. The fourth-order valence-electron chi connectivity index (χ4n) is 1.53. The lowest BCUT2D eigenvalue weighted by Gasteiger charge is -2.05. The molecule has 0 aliphatic carbocycles. The molecule has 3 N–H and O–H groups in total. The lowest BCUT2D eigenvalue weighted by Crippen LogP contribution is -2.22. The van der Waals surface area contributed by atoms with Crippen molar-refractivity contribution in [2.24, 2.45) is 0 Å². The highest BCUT2D eigenvalue weighted by atomic mass is 35.5. The minimum Gasteiger partial charge on any atom is -0.375 e. The number of nitrogens with zero attached hydrogens (tertiary/aromatic N) is 1. The quantitative estimate of drug-likeness (QED) is 0.909. The molecule has 2 aromatic rings. The molecule has 0 bridgehead atoms. The van der Waals surface area contributed by atoms with Gasteiger partial charge < -0.3 is 11.1 Å². The molecule has 0 radical (unpaired) electrons. The average molecular weight is 282 g/mol. The summed E-state index contributed by atoms with van der Waals surface area (Å²) < 4.78 is 0. The van der Waals surface area contributed by atoms with Crippen molar-refractivity contribution in [1.82, 2.24) is 10.3 Å². The van der Waals surface area contributed by atoms with Gasteiger partial charge >= 0.3 is 0 Å². The Labute approximate surface area is 114 Å². The number of rotatable bonds is 3. The van der Waals surface area contributed by atoms with Crippen molar-refractivity contribution >= 4 is 34.0 Å². The number of aromatic nitrogens is 1. The molecular formula is C12H12ClN3OS.